The summed E-state index contributed by atoms with van der Waals surface area (Å²) in [6, 6.07) is 24.4. The summed E-state index contributed by atoms with van der Waals surface area (Å²) in [5.74, 6) is 0. The molecular formula is C26H38Si2. The number of rotatable bonds is 9. The van der Waals surface area contributed by atoms with E-state index >= 15 is 0 Å². The maximum atomic E-state index is 2.53. The zero-order valence-electron chi connectivity index (χ0n) is 18.8. The molecule has 0 nitrogen and oxygen atoms in total. The van der Waals surface area contributed by atoms with Crippen LogP contribution in [0.1, 0.15) is 24.0 Å². The first-order valence-electron chi connectivity index (χ1n) is 10.6. The summed E-state index contributed by atoms with van der Waals surface area (Å²) < 4.78 is 0. The van der Waals surface area contributed by atoms with Crippen molar-refractivity contribution >= 4 is 27.3 Å². The van der Waals surface area contributed by atoms with Gasteiger partial charge >= 0.3 is 0 Å². The molecule has 2 aromatic carbocycles. The van der Waals surface area contributed by atoms with Crippen LogP contribution in [0.15, 0.2) is 72.8 Å². The summed E-state index contributed by atoms with van der Waals surface area (Å²) in [5.41, 5.74) is 5.80. The molecule has 0 radical (unpaired) electrons. The van der Waals surface area contributed by atoms with Gasteiger partial charge in [-0.1, -0.05) is 112 Å². The fraction of sp³-hybridized carbons (Fsp3) is 0.385. The van der Waals surface area contributed by atoms with E-state index in [2.05, 4.69) is 112 Å². The summed E-state index contributed by atoms with van der Waals surface area (Å²) in [4.78, 5) is 0. The predicted octanol–water partition coefficient (Wildman–Crippen LogP) is 8.61. The van der Waals surface area contributed by atoms with Crippen LogP contribution < -0.4 is 0 Å². The maximum Gasteiger partial charge on any atom is 0.0480 e. The van der Waals surface area contributed by atoms with Crippen LogP contribution in [0.3, 0.4) is 0 Å². The standard InChI is InChI=1S/C26H38Si2/c1-27(2,3)21-19-25(23-13-9-7-10-14-23)17-18-26(20-22-28(4,5)6)24-15-11-8-12-16-24/h7-16,19-20H,17-18,21-22H2,1-6H3. The van der Waals surface area contributed by atoms with Crippen LogP contribution in [0.25, 0.3) is 11.1 Å². The zero-order valence-corrected chi connectivity index (χ0v) is 20.8. The second kappa shape index (κ2) is 10.2. The average Bonchev–Trinajstić information content (AvgIpc) is 2.64. The lowest BCUT2D eigenvalue weighted by atomic mass is 9.95. The Kier molecular flexibility index (Phi) is 8.27. The van der Waals surface area contributed by atoms with Gasteiger partial charge in [0.15, 0.2) is 0 Å². The highest BCUT2D eigenvalue weighted by molar-refractivity contribution is 6.76. The topological polar surface area (TPSA) is 0 Å². The van der Waals surface area contributed by atoms with Crippen molar-refractivity contribution in [3.63, 3.8) is 0 Å². The number of hydrogen-bond acceptors (Lipinski definition) is 0. The largest absolute Gasteiger partial charge is 0.0834 e. The highest BCUT2D eigenvalue weighted by atomic mass is 28.3. The quantitative estimate of drug-likeness (QED) is 0.366. The Bertz CT molecular complexity index is 703. The van der Waals surface area contributed by atoms with Crippen molar-refractivity contribution in [2.45, 2.75) is 64.2 Å². The van der Waals surface area contributed by atoms with Crippen LogP contribution in [0.4, 0.5) is 0 Å². The summed E-state index contributed by atoms with van der Waals surface area (Å²) in [7, 11) is -2.20. The van der Waals surface area contributed by atoms with Gasteiger partial charge in [-0.3, -0.25) is 0 Å². The van der Waals surface area contributed by atoms with Crippen molar-refractivity contribution in [1.82, 2.24) is 0 Å². The van der Waals surface area contributed by atoms with Crippen molar-refractivity contribution in [3.05, 3.63) is 83.9 Å². The van der Waals surface area contributed by atoms with Crippen molar-refractivity contribution < 1.29 is 0 Å². The van der Waals surface area contributed by atoms with Gasteiger partial charge in [-0.25, -0.2) is 0 Å². The number of benzene rings is 2. The SMILES string of the molecule is C[Si](C)(C)CC=C(CCC(=CC[Si](C)(C)C)c1ccccc1)c1ccccc1. The summed E-state index contributed by atoms with van der Waals surface area (Å²) >= 11 is 0. The highest BCUT2D eigenvalue weighted by Gasteiger charge is 2.14. The van der Waals surface area contributed by atoms with E-state index in [9.17, 15) is 0 Å². The van der Waals surface area contributed by atoms with Crippen LogP contribution in [-0.4, -0.2) is 16.1 Å². The van der Waals surface area contributed by atoms with Gasteiger partial charge in [0.05, 0.1) is 0 Å². The van der Waals surface area contributed by atoms with E-state index < -0.39 is 16.1 Å². The molecule has 0 saturated heterocycles. The lowest BCUT2D eigenvalue weighted by molar-refractivity contribution is 1.08. The minimum absolute atomic E-state index is 1.10. The third kappa shape index (κ3) is 8.58. The molecule has 2 aromatic rings. The van der Waals surface area contributed by atoms with E-state index in [0.29, 0.717) is 0 Å². The highest BCUT2D eigenvalue weighted by Crippen LogP contribution is 2.29. The van der Waals surface area contributed by atoms with Crippen LogP contribution >= 0.6 is 0 Å². The lowest BCUT2D eigenvalue weighted by Gasteiger charge is -2.17. The molecule has 0 unspecified atom stereocenters. The predicted molar refractivity (Wildman–Crippen MR) is 134 cm³/mol. The van der Waals surface area contributed by atoms with Crippen molar-refractivity contribution in [2.24, 2.45) is 0 Å². The first-order chi connectivity index (χ1) is 13.1. The fourth-order valence-corrected chi connectivity index (χ4v) is 4.88. The first-order valence-corrected chi connectivity index (χ1v) is 18.0. The number of hydrogen-bond donors (Lipinski definition) is 0. The molecule has 0 atom stereocenters. The van der Waals surface area contributed by atoms with Crippen LogP contribution in [0, 0.1) is 0 Å². The molecule has 0 amide bonds. The molecule has 0 N–H and O–H groups in total. The van der Waals surface area contributed by atoms with Gasteiger partial charge < -0.3 is 0 Å². The lowest BCUT2D eigenvalue weighted by Crippen LogP contribution is -2.17. The van der Waals surface area contributed by atoms with Gasteiger partial charge in [-0.2, -0.15) is 0 Å². The molecule has 0 aliphatic heterocycles. The van der Waals surface area contributed by atoms with Crippen molar-refractivity contribution in [1.29, 1.82) is 0 Å². The van der Waals surface area contributed by atoms with Gasteiger partial charge in [-0.05, 0) is 47.2 Å². The maximum absolute atomic E-state index is 2.53. The Morgan fingerprint density at radius 3 is 1.18 bits per heavy atom. The van der Waals surface area contributed by atoms with Gasteiger partial charge in [-0.15, -0.1) is 0 Å². The molecule has 0 saturated carbocycles. The summed E-state index contributed by atoms with van der Waals surface area (Å²) in [6.45, 7) is 14.7. The second-order valence-corrected chi connectivity index (χ2v) is 21.3. The molecule has 0 aliphatic rings. The molecule has 0 aromatic heterocycles. The third-order valence-corrected chi connectivity index (χ3v) is 7.73. The minimum atomic E-state index is -1.10. The third-order valence-electron chi connectivity index (χ3n) is 4.87. The fourth-order valence-electron chi connectivity index (χ4n) is 3.16. The molecule has 0 fully saturated rings. The normalized spacial score (nSPS) is 13.6. The van der Waals surface area contributed by atoms with E-state index in [1.807, 2.05) is 0 Å². The van der Waals surface area contributed by atoms with E-state index in [1.54, 1.807) is 0 Å². The Labute approximate surface area is 175 Å². The molecule has 28 heavy (non-hydrogen) atoms. The minimum Gasteiger partial charge on any atom is -0.0834 e. The van der Waals surface area contributed by atoms with Crippen molar-refractivity contribution in [3.8, 4) is 0 Å². The zero-order chi connectivity index (χ0) is 20.6. The monoisotopic (exact) mass is 406 g/mol. The van der Waals surface area contributed by atoms with Crippen LogP contribution in [-0.2, 0) is 0 Å². The average molecular weight is 407 g/mol. The van der Waals surface area contributed by atoms with Crippen LogP contribution in [0.2, 0.25) is 51.4 Å². The van der Waals surface area contributed by atoms with Gasteiger partial charge in [0, 0.05) is 16.1 Å². The van der Waals surface area contributed by atoms with Crippen LogP contribution in [0.5, 0.6) is 0 Å². The second-order valence-electron chi connectivity index (χ2n) is 10.2. The van der Waals surface area contributed by atoms with Crippen molar-refractivity contribution in [2.75, 3.05) is 0 Å². The summed E-state index contributed by atoms with van der Waals surface area (Å²) in [5, 5.41) is 0. The molecule has 2 rings (SSSR count). The Hall–Kier alpha value is -1.65. The Balaban J connectivity index is 2.25. The Morgan fingerprint density at radius 1 is 0.571 bits per heavy atom. The smallest absolute Gasteiger partial charge is 0.0480 e. The van der Waals surface area contributed by atoms with Gasteiger partial charge in [0.25, 0.3) is 0 Å². The van der Waals surface area contributed by atoms with Gasteiger partial charge in [0.1, 0.15) is 0 Å². The van der Waals surface area contributed by atoms with E-state index in [-0.39, 0.29) is 0 Å². The molecule has 0 aliphatic carbocycles. The molecule has 0 bridgehead atoms. The first kappa shape index (κ1) is 22.6. The molecule has 0 spiro atoms. The number of allylic oxidation sites excluding steroid dienone is 4. The van der Waals surface area contributed by atoms with E-state index in [0.717, 1.165) is 12.8 Å². The molecule has 0 heterocycles. The Morgan fingerprint density at radius 2 is 0.893 bits per heavy atom. The molecule has 2 heteroatoms. The molecular weight excluding hydrogens is 368 g/mol. The van der Waals surface area contributed by atoms with E-state index in [1.165, 1.54) is 34.4 Å². The van der Waals surface area contributed by atoms with E-state index in [4.69, 9.17) is 0 Å². The molecule has 150 valence electrons. The summed E-state index contributed by atoms with van der Waals surface area (Å²) in [6.07, 6.45) is 7.28. The van der Waals surface area contributed by atoms with Gasteiger partial charge in [0.2, 0.25) is 0 Å².